The molecule has 94 valence electrons. The van der Waals surface area contributed by atoms with E-state index in [1.165, 1.54) is 6.07 Å². The second-order valence-corrected chi connectivity index (χ2v) is 4.60. The van der Waals surface area contributed by atoms with E-state index in [-0.39, 0.29) is 5.02 Å². The molecule has 0 heterocycles. The van der Waals surface area contributed by atoms with Gasteiger partial charge in [-0.3, -0.25) is 0 Å². The first-order chi connectivity index (χ1) is 8.56. The summed E-state index contributed by atoms with van der Waals surface area (Å²) in [5.74, 6) is -0.407. The quantitative estimate of drug-likeness (QED) is 0.823. The number of aryl methyl sites for hydroxylation is 1. The Morgan fingerprint density at radius 3 is 2.72 bits per heavy atom. The number of rotatable bonds is 3. The largest absolute Gasteiger partial charge is 0.397 e. The maximum atomic E-state index is 13.0. The van der Waals surface area contributed by atoms with Crippen LogP contribution in [-0.2, 0) is 6.54 Å². The SMILES string of the molecule is Cc1ccc(N)c(NCc2ccc(F)c(Cl)c2)c1. The Labute approximate surface area is 111 Å². The first-order valence-corrected chi connectivity index (χ1v) is 5.98. The van der Waals surface area contributed by atoms with Gasteiger partial charge in [-0.2, -0.15) is 0 Å². The minimum absolute atomic E-state index is 0.131. The Hall–Kier alpha value is -1.74. The lowest BCUT2D eigenvalue weighted by Crippen LogP contribution is -2.03. The lowest BCUT2D eigenvalue weighted by atomic mass is 10.1. The van der Waals surface area contributed by atoms with E-state index < -0.39 is 5.82 Å². The van der Waals surface area contributed by atoms with Gasteiger partial charge in [-0.1, -0.05) is 23.7 Å². The highest BCUT2D eigenvalue weighted by atomic mass is 35.5. The van der Waals surface area contributed by atoms with Gasteiger partial charge in [0.05, 0.1) is 16.4 Å². The summed E-state index contributed by atoms with van der Waals surface area (Å²) in [6.07, 6.45) is 0. The van der Waals surface area contributed by atoms with E-state index in [0.717, 1.165) is 16.8 Å². The van der Waals surface area contributed by atoms with Crippen LogP contribution in [0.4, 0.5) is 15.8 Å². The fourth-order valence-corrected chi connectivity index (χ4v) is 1.87. The van der Waals surface area contributed by atoms with Crippen molar-refractivity contribution in [1.29, 1.82) is 0 Å². The van der Waals surface area contributed by atoms with Gasteiger partial charge in [-0.15, -0.1) is 0 Å². The third-order valence-electron chi connectivity index (χ3n) is 2.68. The Kier molecular flexibility index (Phi) is 3.72. The summed E-state index contributed by atoms with van der Waals surface area (Å²) in [6.45, 7) is 2.55. The molecule has 0 aliphatic carbocycles. The number of benzene rings is 2. The van der Waals surface area contributed by atoms with Gasteiger partial charge in [0.2, 0.25) is 0 Å². The highest BCUT2D eigenvalue weighted by Gasteiger charge is 2.02. The molecule has 0 aliphatic rings. The van der Waals surface area contributed by atoms with E-state index in [1.807, 2.05) is 25.1 Å². The number of hydrogen-bond donors (Lipinski definition) is 2. The van der Waals surface area contributed by atoms with Crippen molar-refractivity contribution in [1.82, 2.24) is 0 Å². The average Bonchev–Trinajstić information content (AvgIpc) is 2.34. The predicted octanol–water partition coefficient (Wildman–Crippen LogP) is 3.98. The van der Waals surface area contributed by atoms with E-state index in [0.29, 0.717) is 12.2 Å². The highest BCUT2D eigenvalue weighted by molar-refractivity contribution is 6.30. The van der Waals surface area contributed by atoms with Gasteiger partial charge >= 0.3 is 0 Å². The van der Waals surface area contributed by atoms with Gasteiger partial charge in [-0.05, 0) is 42.3 Å². The third kappa shape index (κ3) is 2.93. The summed E-state index contributed by atoms with van der Waals surface area (Å²) in [7, 11) is 0. The molecule has 0 saturated heterocycles. The van der Waals surface area contributed by atoms with Crippen LogP contribution >= 0.6 is 11.6 Å². The van der Waals surface area contributed by atoms with E-state index in [2.05, 4.69) is 5.32 Å². The maximum Gasteiger partial charge on any atom is 0.141 e. The zero-order chi connectivity index (χ0) is 13.1. The topological polar surface area (TPSA) is 38.0 Å². The fraction of sp³-hybridized carbons (Fsp3) is 0.143. The van der Waals surface area contributed by atoms with Crippen LogP contribution in [0.15, 0.2) is 36.4 Å². The van der Waals surface area contributed by atoms with E-state index in [9.17, 15) is 4.39 Å². The number of nitrogens with two attached hydrogens (primary N) is 1. The minimum atomic E-state index is -0.407. The molecule has 0 amide bonds. The van der Waals surface area contributed by atoms with Crippen LogP contribution in [0, 0.1) is 12.7 Å². The lowest BCUT2D eigenvalue weighted by molar-refractivity contribution is 0.627. The molecule has 0 atom stereocenters. The fourth-order valence-electron chi connectivity index (χ4n) is 1.67. The zero-order valence-electron chi connectivity index (χ0n) is 10.0. The van der Waals surface area contributed by atoms with Crippen molar-refractivity contribution in [2.75, 3.05) is 11.1 Å². The van der Waals surface area contributed by atoms with Crippen LogP contribution in [0.25, 0.3) is 0 Å². The molecule has 0 saturated carbocycles. The van der Waals surface area contributed by atoms with Gasteiger partial charge < -0.3 is 11.1 Å². The Morgan fingerprint density at radius 2 is 2.00 bits per heavy atom. The maximum absolute atomic E-state index is 13.0. The molecule has 18 heavy (non-hydrogen) atoms. The van der Waals surface area contributed by atoms with Gasteiger partial charge in [0, 0.05) is 6.54 Å². The molecule has 0 radical (unpaired) electrons. The van der Waals surface area contributed by atoms with Crippen LogP contribution in [0.5, 0.6) is 0 Å². The number of hydrogen-bond acceptors (Lipinski definition) is 2. The van der Waals surface area contributed by atoms with Crippen LogP contribution < -0.4 is 11.1 Å². The first-order valence-electron chi connectivity index (χ1n) is 5.60. The van der Waals surface area contributed by atoms with Crippen molar-refractivity contribution < 1.29 is 4.39 Å². The van der Waals surface area contributed by atoms with Crippen LogP contribution in [0.1, 0.15) is 11.1 Å². The van der Waals surface area contributed by atoms with Gasteiger partial charge in [0.25, 0.3) is 0 Å². The Morgan fingerprint density at radius 1 is 1.22 bits per heavy atom. The normalized spacial score (nSPS) is 10.4. The Bertz CT molecular complexity index is 570. The molecule has 2 rings (SSSR count). The van der Waals surface area contributed by atoms with Crippen molar-refractivity contribution in [2.24, 2.45) is 0 Å². The summed E-state index contributed by atoms with van der Waals surface area (Å²) < 4.78 is 13.0. The zero-order valence-corrected chi connectivity index (χ0v) is 10.8. The van der Waals surface area contributed by atoms with Gasteiger partial charge in [0.1, 0.15) is 5.82 Å². The second kappa shape index (κ2) is 5.27. The van der Waals surface area contributed by atoms with Crippen LogP contribution in [0.2, 0.25) is 5.02 Å². The van der Waals surface area contributed by atoms with Crippen molar-refractivity contribution >= 4 is 23.0 Å². The molecule has 0 aliphatic heterocycles. The van der Waals surface area contributed by atoms with Crippen molar-refractivity contribution in [3.63, 3.8) is 0 Å². The first kappa shape index (κ1) is 12.7. The second-order valence-electron chi connectivity index (χ2n) is 4.19. The molecule has 0 unspecified atom stereocenters. The molecule has 4 heteroatoms. The molecule has 0 bridgehead atoms. The van der Waals surface area contributed by atoms with Crippen molar-refractivity contribution in [3.8, 4) is 0 Å². The van der Waals surface area contributed by atoms with Crippen LogP contribution in [-0.4, -0.2) is 0 Å². The predicted molar refractivity (Wildman–Crippen MR) is 74.3 cm³/mol. The summed E-state index contributed by atoms with van der Waals surface area (Å²) in [4.78, 5) is 0. The smallest absolute Gasteiger partial charge is 0.141 e. The molecule has 0 spiro atoms. The van der Waals surface area contributed by atoms with Crippen LogP contribution in [0.3, 0.4) is 0 Å². The Balaban J connectivity index is 2.11. The number of nitrogens with one attached hydrogen (secondary N) is 1. The lowest BCUT2D eigenvalue weighted by Gasteiger charge is -2.10. The summed E-state index contributed by atoms with van der Waals surface area (Å²) >= 11 is 5.72. The summed E-state index contributed by atoms with van der Waals surface area (Å²) in [5.41, 5.74) is 9.45. The monoisotopic (exact) mass is 264 g/mol. The van der Waals surface area contributed by atoms with Gasteiger partial charge in [-0.25, -0.2) is 4.39 Å². The highest BCUT2D eigenvalue weighted by Crippen LogP contribution is 2.21. The van der Waals surface area contributed by atoms with Crippen molar-refractivity contribution in [2.45, 2.75) is 13.5 Å². The van der Waals surface area contributed by atoms with E-state index >= 15 is 0 Å². The standard InChI is InChI=1S/C14H14ClFN2/c1-9-2-5-13(17)14(6-9)18-8-10-3-4-12(16)11(15)7-10/h2-7,18H,8,17H2,1H3. The molecule has 0 aromatic heterocycles. The summed E-state index contributed by atoms with van der Waals surface area (Å²) in [6, 6.07) is 10.4. The minimum Gasteiger partial charge on any atom is -0.397 e. The number of nitrogen functional groups attached to an aromatic ring is 1. The molecule has 2 aromatic rings. The van der Waals surface area contributed by atoms with Gasteiger partial charge in [0.15, 0.2) is 0 Å². The number of anilines is 2. The average molecular weight is 265 g/mol. The van der Waals surface area contributed by atoms with E-state index in [1.54, 1.807) is 12.1 Å². The molecular weight excluding hydrogens is 251 g/mol. The molecular formula is C14H14ClFN2. The van der Waals surface area contributed by atoms with E-state index in [4.69, 9.17) is 17.3 Å². The molecule has 3 N–H and O–H groups in total. The molecule has 2 nitrogen and oxygen atoms in total. The summed E-state index contributed by atoms with van der Waals surface area (Å²) in [5, 5.41) is 3.34. The third-order valence-corrected chi connectivity index (χ3v) is 2.97. The molecule has 2 aromatic carbocycles. The number of halogens is 2. The molecule has 0 fully saturated rings. The van der Waals surface area contributed by atoms with Crippen molar-refractivity contribution in [3.05, 3.63) is 58.4 Å².